The fourth-order valence-corrected chi connectivity index (χ4v) is 1.19. The summed E-state index contributed by atoms with van der Waals surface area (Å²) in [6.45, 7) is 1.01. The Morgan fingerprint density at radius 1 is 1.41 bits per heavy atom. The van der Waals surface area contributed by atoms with E-state index < -0.39 is 33.9 Å². The fraction of sp³-hybridized carbons (Fsp3) is 0.222. The molecule has 0 spiro atoms. The van der Waals surface area contributed by atoms with Gasteiger partial charge < -0.3 is 5.32 Å². The first-order valence-electron chi connectivity index (χ1n) is 4.35. The van der Waals surface area contributed by atoms with Gasteiger partial charge in [0.15, 0.2) is 0 Å². The van der Waals surface area contributed by atoms with Crippen LogP contribution in [0.3, 0.4) is 0 Å². The number of nitro benzene ring substituents is 1. The molecular weight excluding hydrogens is 241 g/mol. The number of rotatable bonds is 2. The van der Waals surface area contributed by atoms with Crippen molar-refractivity contribution in [1.29, 1.82) is 0 Å². The van der Waals surface area contributed by atoms with Gasteiger partial charge >= 0.3 is 6.18 Å². The minimum Gasteiger partial charge on any atom is -0.326 e. The molecule has 0 saturated heterocycles. The van der Waals surface area contributed by atoms with Crippen molar-refractivity contribution >= 4 is 17.3 Å². The maximum Gasteiger partial charge on any atom is 0.418 e. The summed E-state index contributed by atoms with van der Waals surface area (Å²) < 4.78 is 37.5. The van der Waals surface area contributed by atoms with E-state index in [1.165, 1.54) is 0 Å². The van der Waals surface area contributed by atoms with Crippen LogP contribution in [0.4, 0.5) is 24.5 Å². The Morgan fingerprint density at radius 2 is 2.00 bits per heavy atom. The number of non-ortho nitro benzene ring substituents is 1. The molecule has 1 amide bonds. The number of hydrogen-bond donors (Lipinski definition) is 1. The predicted molar refractivity (Wildman–Crippen MR) is 52.4 cm³/mol. The SMILES string of the molecule is CC(=O)Nc1cc([N+](=O)[O-])ccc1C(F)(F)F. The largest absolute Gasteiger partial charge is 0.418 e. The number of carbonyl (C=O) groups is 1. The molecule has 0 heterocycles. The van der Waals surface area contributed by atoms with E-state index >= 15 is 0 Å². The number of amides is 1. The minimum absolute atomic E-state index is 0.526. The third kappa shape index (κ3) is 3.16. The Morgan fingerprint density at radius 3 is 2.41 bits per heavy atom. The van der Waals surface area contributed by atoms with Crippen LogP contribution in [-0.2, 0) is 11.0 Å². The van der Waals surface area contributed by atoms with Gasteiger partial charge in [-0.15, -0.1) is 0 Å². The van der Waals surface area contributed by atoms with Gasteiger partial charge in [0.05, 0.1) is 16.2 Å². The van der Waals surface area contributed by atoms with Crippen molar-refractivity contribution in [2.24, 2.45) is 0 Å². The number of anilines is 1. The molecule has 0 unspecified atom stereocenters. The van der Waals surface area contributed by atoms with Gasteiger partial charge in [0, 0.05) is 19.1 Å². The summed E-state index contributed by atoms with van der Waals surface area (Å²) in [7, 11) is 0. The van der Waals surface area contributed by atoms with Crippen molar-refractivity contribution in [3.63, 3.8) is 0 Å². The summed E-state index contributed by atoms with van der Waals surface area (Å²) in [6, 6.07) is 1.96. The van der Waals surface area contributed by atoms with Crippen LogP contribution in [0, 0.1) is 10.1 Å². The quantitative estimate of drug-likeness (QED) is 0.645. The summed E-state index contributed by atoms with van der Waals surface area (Å²) >= 11 is 0. The summed E-state index contributed by atoms with van der Waals surface area (Å²) in [5.74, 6) is -0.740. The Bertz CT molecular complexity index is 471. The fourth-order valence-electron chi connectivity index (χ4n) is 1.19. The zero-order valence-electron chi connectivity index (χ0n) is 8.54. The Labute approximate surface area is 93.4 Å². The molecule has 0 aromatic heterocycles. The number of halogens is 3. The molecule has 1 rings (SSSR count). The maximum absolute atomic E-state index is 12.5. The van der Waals surface area contributed by atoms with Crippen LogP contribution >= 0.6 is 0 Å². The van der Waals surface area contributed by atoms with E-state index in [2.05, 4.69) is 0 Å². The zero-order chi connectivity index (χ0) is 13.2. The topological polar surface area (TPSA) is 72.2 Å². The van der Waals surface area contributed by atoms with Gasteiger partial charge in [-0.25, -0.2) is 0 Å². The molecule has 1 aromatic carbocycles. The van der Waals surface area contributed by atoms with Gasteiger partial charge in [-0.05, 0) is 6.07 Å². The molecule has 8 heteroatoms. The normalized spacial score (nSPS) is 11.1. The lowest BCUT2D eigenvalue weighted by atomic mass is 10.1. The van der Waals surface area contributed by atoms with Crippen molar-refractivity contribution in [3.8, 4) is 0 Å². The molecule has 0 atom stereocenters. The average Bonchev–Trinajstić information content (AvgIpc) is 2.14. The summed E-state index contributed by atoms with van der Waals surface area (Å²) in [4.78, 5) is 20.3. The van der Waals surface area contributed by atoms with E-state index in [9.17, 15) is 28.1 Å². The lowest BCUT2D eigenvalue weighted by molar-refractivity contribution is -0.384. The molecule has 1 aromatic rings. The Hall–Kier alpha value is -2.12. The Kier molecular flexibility index (Phi) is 3.35. The van der Waals surface area contributed by atoms with Gasteiger partial charge in [-0.2, -0.15) is 13.2 Å². The smallest absolute Gasteiger partial charge is 0.326 e. The number of benzene rings is 1. The molecule has 0 saturated carbocycles. The third-order valence-corrected chi connectivity index (χ3v) is 1.83. The van der Waals surface area contributed by atoms with E-state index in [0.29, 0.717) is 12.1 Å². The van der Waals surface area contributed by atoms with Gasteiger partial charge in [0.2, 0.25) is 5.91 Å². The van der Waals surface area contributed by atoms with Gasteiger partial charge in [-0.1, -0.05) is 0 Å². The number of nitro groups is 1. The highest BCUT2D eigenvalue weighted by Crippen LogP contribution is 2.36. The molecule has 0 radical (unpaired) electrons. The van der Waals surface area contributed by atoms with E-state index in [1.807, 2.05) is 5.32 Å². The van der Waals surface area contributed by atoms with E-state index in [4.69, 9.17) is 0 Å². The lowest BCUT2D eigenvalue weighted by Crippen LogP contribution is -2.14. The van der Waals surface area contributed by atoms with Gasteiger partial charge in [-0.3, -0.25) is 14.9 Å². The second-order valence-corrected chi connectivity index (χ2v) is 3.17. The van der Waals surface area contributed by atoms with Crippen molar-refractivity contribution in [2.75, 3.05) is 5.32 Å². The van der Waals surface area contributed by atoms with E-state index in [-0.39, 0.29) is 0 Å². The molecule has 92 valence electrons. The molecule has 5 nitrogen and oxygen atoms in total. The number of alkyl halides is 3. The second kappa shape index (κ2) is 4.40. The van der Waals surface area contributed by atoms with Crippen molar-refractivity contribution < 1.29 is 22.9 Å². The average molecular weight is 248 g/mol. The predicted octanol–water partition coefficient (Wildman–Crippen LogP) is 2.57. The number of carbonyl (C=O) groups excluding carboxylic acids is 1. The van der Waals surface area contributed by atoms with Gasteiger partial charge in [0.1, 0.15) is 0 Å². The highest BCUT2D eigenvalue weighted by atomic mass is 19.4. The van der Waals surface area contributed by atoms with Crippen LogP contribution in [0.25, 0.3) is 0 Å². The zero-order valence-corrected chi connectivity index (χ0v) is 8.54. The highest BCUT2D eigenvalue weighted by Gasteiger charge is 2.34. The number of nitrogens with zero attached hydrogens (tertiary/aromatic N) is 1. The van der Waals surface area contributed by atoms with Crippen LogP contribution in [0.5, 0.6) is 0 Å². The van der Waals surface area contributed by atoms with E-state index in [1.54, 1.807) is 0 Å². The molecule has 0 fully saturated rings. The summed E-state index contributed by atoms with van der Waals surface area (Å²) in [5.41, 5.74) is -2.28. The first-order chi connectivity index (χ1) is 7.71. The second-order valence-electron chi connectivity index (χ2n) is 3.17. The van der Waals surface area contributed by atoms with Crippen LogP contribution < -0.4 is 5.32 Å². The summed E-state index contributed by atoms with van der Waals surface area (Å²) in [6.07, 6.45) is -4.69. The molecule has 0 bridgehead atoms. The Balaban J connectivity index is 3.31. The monoisotopic (exact) mass is 248 g/mol. The molecule has 0 aliphatic carbocycles. The van der Waals surface area contributed by atoms with E-state index in [0.717, 1.165) is 13.0 Å². The molecule has 0 aliphatic heterocycles. The molecule has 0 aliphatic rings. The summed E-state index contributed by atoms with van der Waals surface area (Å²) in [5, 5.41) is 12.3. The van der Waals surface area contributed by atoms with Crippen LogP contribution in [0.2, 0.25) is 0 Å². The van der Waals surface area contributed by atoms with Crippen LogP contribution in [0.15, 0.2) is 18.2 Å². The first kappa shape index (κ1) is 12.9. The first-order valence-corrected chi connectivity index (χ1v) is 4.35. The third-order valence-electron chi connectivity index (χ3n) is 1.83. The van der Waals surface area contributed by atoms with Crippen molar-refractivity contribution in [2.45, 2.75) is 13.1 Å². The number of nitrogens with one attached hydrogen (secondary N) is 1. The standard InChI is InChI=1S/C9H7F3N2O3/c1-5(15)13-8-4-6(14(16)17)2-3-7(8)9(10,11)12/h2-4H,1H3,(H,13,15). The highest BCUT2D eigenvalue weighted by molar-refractivity contribution is 5.90. The molecule has 17 heavy (non-hydrogen) atoms. The lowest BCUT2D eigenvalue weighted by Gasteiger charge is -2.12. The molecular formula is C9H7F3N2O3. The maximum atomic E-state index is 12.5. The van der Waals surface area contributed by atoms with Gasteiger partial charge in [0.25, 0.3) is 5.69 Å². The minimum atomic E-state index is -4.69. The molecule has 1 N–H and O–H groups in total. The van der Waals surface area contributed by atoms with Crippen LogP contribution in [0.1, 0.15) is 12.5 Å². The number of hydrogen-bond acceptors (Lipinski definition) is 3. The van der Waals surface area contributed by atoms with Crippen molar-refractivity contribution in [1.82, 2.24) is 0 Å². The van der Waals surface area contributed by atoms with Crippen molar-refractivity contribution in [3.05, 3.63) is 33.9 Å². The van der Waals surface area contributed by atoms with Crippen LogP contribution in [-0.4, -0.2) is 10.8 Å².